The maximum absolute atomic E-state index is 11.6. The van der Waals surface area contributed by atoms with Crippen molar-refractivity contribution in [2.45, 2.75) is 18.9 Å². The van der Waals surface area contributed by atoms with E-state index in [0.717, 1.165) is 13.2 Å². The van der Waals surface area contributed by atoms with Gasteiger partial charge in [-0.15, -0.1) is 0 Å². The van der Waals surface area contributed by atoms with Crippen LogP contribution in [0.25, 0.3) is 0 Å². The molecule has 1 aliphatic heterocycles. The molecule has 2 N–H and O–H groups in total. The smallest absolute Gasteiger partial charge is 0.179 e. The highest BCUT2D eigenvalue weighted by atomic mass is 16.5. The molecular formula is C12H15NO2. The van der Waals surface area contributed by atoms with Crippen molar-refractivity contribution in [3.63, 3.8) is 0 Å². The molecule has 15 heavy (non-hydrogen) atoms. The Kier molecular flexibility index (Phi) is 2.84. The summed E-state index contributed by atoms with van der Waals surface area (Å²) in [4.78, 5) is 11.6. The van der Waals surface area contributed by atoms with Crippen molar-refractivity contribution in [3.8, 4) is 0 Å². The zero-order valence-corrected chi connectivity index (χ0v) is 8.77. The molecule has 0 radical (unpaired) electrons. The van der Waals surface area contributed by atoms with Crippen LogP contribution in [0.4, 0.5) is 0 Å². The largest absolute Gasteiger partial charge is 0.380 e. The van der Waals surface area contributed by atoms with Gasteiger partial charge in [-0.2, -0.15) is 0 Å². The molecular weight excluding hydrogens is 190 g/mol. The van der Waals surface area contributed by atoms with Crippen LogP contribution in [0.5, 0.6) is 0 Å². The van der Waals surface area contributed by atoms with Gasteiger partial charge in [0.15, 0.2) is 5.78 Å². The number of ketones is 1. The van der Waals surface area contributed by atoms with Crippen LogP contribution < -0.4 is 5.73 Å². The van der Waals surface area contributed by atoms with Gasteiger partial charge in [0, 0.05) is 11.5 Å². The molecule has 1 atom stereocenters. The SMILES string of the molecule is CC(N)C(=O)c1ccc(C2COC2)cc1. The van der Waals surface area contributed by atoms with Crippen LogP contribution in [0.2, 0.25) is 0 Å². The lowest BCUT2D eigenvalue weighted by Gasteiger charge is -2.26. The third-order valence-corrected chi connectivity index (χ3v) is 2.72. The van der Waals surface area contributed by atoms with E-state index in [1.807, 2.05) is 24.3 Å². The zero-order valence-electron chi connectivity index (χ0n) is 8.77. The van der Waals surface area contributed by atoms with E-state index in [0.29, 0.717) is 11.5 Å². The molecule has 3 nitrogen and oxygen atoms in total. The van der Waals surface area contributed by atoms with Crippen molar-refractivity contribution >= 4 is 5.78 Å². The lowest BCUT2D eigenvalue weighted by atomic mass is 9.95. The van der Waals surface area contributed by atoms with Gasteiger partial charge in [-0.05, 0) is 12.5 Å². The maximum Gasteiger partial charge on any atom is 0.179 e. The van der Waals surface area contributed by atoms with Gasteiger partial charge < -0.3 is 10.5 Å². The van der Waals surface area contributed by atoms with Gasteiger partial charge in [-0.25, -0.2) is 0 Å². The number of ether oxygens (including phenoxy) is 1. The minimum atomic E-state index is -0.428. The van der Waals surface area contributed by atoms with Gasteiger partial charge in [0.05, 0.1) is 19.3 Å². The first-order chi connectivity index (χ1) is 7.18. The van der Waals surface area contributed by atoms with Crippen molar-refractivity contribution < 1.29 is 9.53 Å². The summed E-state index contributed by atoms with van der Waals surface area (Å²) >= 11 is 0. The Hall–Kier alpha value is -1.19. The first-order valence-electron chi connectivity index (χ1n) is 5.16. The van der Waals surface area contributed by atoms with Gasteiger partial charge in [0.1, 0.15) is 0 Å². The van der Waals surface area contributed by atoms with E-state index < -0.39 is 6.04 Å². The van der Waals surface area contributed by atoms with Gasteiger partial charge in [0.2, 0.25) is 0 Å². The van der Waals surface area contributed by atoms with Crippen molar-refractivity contribution in [3.05, 3.63) is 35.4 Å². The summed E-state index contributed by atoms with van der Waals surface area (Å²) in [6, 6.07) is 7.24. The second-order valence-electron chi connectivity index (χ2n) is 4.01. The number of hydrogen-bond acceptors (Lipinski definition) is 3. The number of Topliss-reactive ketones (excluding diaryl/α,β-unsaturated/α-hetero) is 1. The Bertz CT molecular complexity index is 352. The molecule has 80 valence electrons. The Morgan fingerprint density at radius 3 is 2.40 bits per heavy atom. The minimum absolute atomic E-state index is 0.00795. The van der Waals surface area contributed by atoms with Crippen molar-refractivity contribution in [1.29, 1.82) is 0 Å². The fraction of sp³-hybridized carbons (Fsp3) is 0.417. The highest BCUT2D eigenvalue weighted by Crippen LogP contribution is 2.24. The average molecular weight is 205 g/mol. The van der Waals surface area contributed by atoms with E-state index in [1.54, 1.807) is 6.92 Å². The van der Waals surface area contributed by atoms with Gasteiger partial charge in [-0.3, -0.25) is 4.79 Å². The Morgan fingerprint density at radius 1 is 1.40 bits per heavy atom. The standard InChI is InChI=1S/C12H15NO2/c1-8(13)12(14)10-4-2-9(3-5-10)11-6-15-7-11/h2-5,8,11H,6-7,13H2,1H3. The fourth-order valence-electron chi connectivity index (χ4n) is 1.61. The molecule has 0 spiro atoms. The number of benzene rings is 1. The van der Waals surface area contributed by atoms with Crippen LogP contribution in [0.1, 0.15) is 28.8 Å². The fourth-order valence-corrected chi connectivity index (χ4v) is 1.61. The van der Waals surface area contributed by atoms with Crippen LogP contribution in [0.3, 0.4) is 0 Å². The zero-order chi connectivity index (χ0) is 10.8. The third-order valence-electron chi connectivity index (χ3n) is 2.72. The van der Waals surface area contributed by atoms with Crippen LogP contribution in [0, 0.1) is 0 Å². The van der Waals surface area contributed by atoms with E-state index in [1.165, 1.54) is 5.56 Å². The lowest BCUT2D eigenvalue weighted by Crippen LogP contribution is -2.27. The summed E-state index contributed by atoms with van der Waals surface area (Å²) < 4.78 is 5.12. The van der Waals surface area contributed by atoms with E-state index in [-0.39, 0.29) is 5.78 Å². The quantitative estimate of drug-likeness (QED) is 0.757. The topological polar surface area (TPSA) is 52.3 Å². The number of hydrogen-bond donors (Lipinski definition) is 1. The van der Waals surface area contributed by atoms with E-state index >= 15 is 0 Å². The number of nitrogens with two attached hydrogens (primary N) is 1. The molecule has 1 aromatic carbocycles. The van der Waals surface area contributed by atoms with Crippen LogP contribution in [0.15, 0.2) is 24.3 Å². The predicted molar refractivity (Wildman–Crippen MR) is 58.0 cm³/mol. The third kappa shape index (κ3) is 2.08. The van der Waals surface area contributed by atoms with Crippen molar-refractivity contribution in [1.82, 2.24) is 0 Å². The number of carbonyl (C=O) groups excluding carboxylic acids is 1. The highest BCUT2D eigenvalue weighted by Gasteiger charge is 2.20. The summed E-state index contributed by atoms with van der Waals surface area (Å²) in [7, 11) is 0. The first-order valence-corrected chi connectivity index (χ1v) is 5.16. The molecule has 0 saturated carbocycles. The second-order valence-corrected chi connectivity index (χ2v) is 4.01. The molecule has 3 heteroatoms. The van der Waals surface area contributed by atoms with Gasteiger partial charge in [-0.1, -0.05) is 24.3 Å². The summed E-state index contributed by atoms with van der Waals surface area (Å²) in [6.45, 7) is 3.29. The van der Waals surface area contributed by atoms with Gasteiger partial charge in [0.25, 0.3) is 0 Å². The molecule has 1 aromatic rings. The minimum Gasteiger partial charge on any atom is -0.380 e. The predicted octanol–water partition coefficient (Wildman–Crippen LogP) is 1.33. The number of carbonyl (C=O) groups is 1. The summed E-state index contributed by atoms with van der Waals surface area (Å²) in [5, 5.41) is 0. The lowest BCUT2D eigenvalue weighted by molar-refractivity contribution is 0.00842. The second kappa shape index (κ2) is 4.13. The van der Waals surface area contributed by atoms with Crippen LogP contribution in [-0.4, -0.2) is 25.0 Å². The monoisotopic (exact) mass is 205 g/mol. The van der Waals surface area contributed by atoms with Crippen molar-refractivity contribution in [2.75, 3.05) is 13.2 Å². The maximum atomic E-state index is 11.6. The summed E-state index contributed by atoms with van der Waals surface area (Å²) in [5.74, 6) is 0.496. The molecule has 1 saturated heterocycles. The normalized spacial score (nSPS) is 18.3. The Morgan fingerprint density at radius 2 is 2.00 bits per heavy atom. The van der Waals surface area contributed by atoms with Crippen LogP contribution >= 0.6 is 0 Å². The molecule has 0 aromatic heterocycles. The Balaban J connectivity index is 2.12. The molecule has 1 heterocycles. The summed E-state index contributed by atoms with van der Waals surface area (Å²) in [5.41, 5.74) is 7.46. The van der Waals surface area contributed by atoms with Gasteiger partial charge >= 0.3 is 0 Å². The van der Waals surface area contributed by atoms with E-state index in [9.17, 15) is 4.79 Å². The number of rotatable bonds is 3. The molecule has 1 unspecified atom stereocenters. The Labute approximate surface area is 89.2 Å². The first kappa shape index (κ1) is 10.3. The molecule has 0 bridgehead atoms. The highest BCUT2D eigenvalue weighted by molar-refractivity contribution is 5.99. The molecule has 0 aliphatic carbocycles. The molecule has 1 aliphatic rings. The van der Waals surface area contributed by atoms with Crippen molar-refractivity contribution in [2.24, 2.45) is 5.73 Å². The van der Waals surface area contributed by atoms with E-state index in [2.05, 4.69) is 0 Å². The summed E-state index contributed by atoms with van der Waals surface area (Å²) in [6.07, 6.45) is 0. The average Bonchev–Trinajstić information content (AvgIpc) is 2.15. The molecule has 2 rings (SSSR count). The molecule has 0 amide bonds. The molecule has 1 fully saturated rings. The van der Waals surface area contributed by atoms with E-state index in [4.69, 9.17) is 10.5 Å². The van der Waals surface area contributed by atoms with Crippen LogP contribution in [-0.2, 0) is 4.74 Å².